The van der Waals surface area contributed by atoms with Crippen LogP contribution in [0.4, 0.5) is 24.8 Å². The molecule has 0 unspecified atom stereocenters. The number of hydrogen-bond acceptors (Lipinski definition) is 7. The zero-order valence-corrected chi connectivity index (χ0v) is 20.9. The summed E-state index contributed by atoms with van der Waals surface area (Å²) in [6, 6.07) is 5.85. The summed E-state index contributed by atoms with van der Waals surface area (Å²) in [5.74, 6) is 0.483. The van der Waals surface area contributed by atoms with Crippen LogP contribution in [0.5, 0.6) is 0 Å². The number of anilines is 2. The van der Waals surface area contributed by atoms with Crippen LogP contribution in [0.15, 0.2) is 29.3 Å². The highest BCUT2D eigenvalue weighted by molar-refractivity contribution is 7.99. The Labute approximate surface area is 209 Å². The zero-order valence-electron chi connectivity index (χ0n) is 19.3. The molecule has 0 radical (unpaired) electrons. The Bertz CT molecular complexity index is 1290. The molecule has 6 nitrogen and oxygen atoms in total. The highest BCUT2D eigenvalue weighted by atomic mass is 32.2. The number of aromatic nitrogens is 2. The van der Waals surface area contributed by atoms with Crippen molar-refractivity contribution in [3.63, 3.8) is 0 Å². The molecule has 5 rings (SSSR count). The molecule has 2 N–H and O–H groups in total. The van der Waals surface area contributed by atoms with Crippen LogP contribution in [0, 0.1) is 0 Å². The van der Waals surface area contributed by atoms with E-state index in [0.29, 0.717) is 26.9 Å². The summed E-state index contributed by atoms with van der Waals surface area (Å²) in [7, 11) is 2.09. The minimum absolute atomic E-state index is 0.0938. The van der Waals surface area contributed by atoms with Gasteiger partial charge in [-0.2, -0.15) is 13.2 Å². The summed E-state index contributed by atoms with van der Waals surface area (Å²) in [6.07, 6.45) is -2.14. The maximum absolute atomic E-state index is 13.9. The Kier molecular flexibility index (Phi) is 6.49. The third kappa shape index (κ3) is 4.89. The number of nitrogens with one attached hydrogen (secondary N) is 2. The summed E-state index contributed by atoms with van der Waals surface area (Å²) >= 11 is 2.48. The molecule has 0 spiro atoms. The number of carbonyl (C=O) groups is 1. The molecule has 3 aromatic rings. The molecule has 11 heteroatoms. The van der Waals surface area contributed by atoms with Gasteiger partial charge in [-0.3, -0.25) is 4.79 Å². The first-order valence-corrected chi connectivity index (χ1v) is 13.1. The van der Waals surface area contributed by atoms with Crippen LogP contribution in [0.1, 0.15) is 38.8 Å². The number of nitrogens with zero attached hydrogens (tertiary/aromatic N) is 3. The number of alkyl halides is 3. The molecule has 0 saturated carbocycles. The smallest absolute Gasteiger partial charge is 0.350 e. The fourth-order valence-corrected chi connectivity index (χ4v) is 6.53. The summed E-state index contributed by atoms with van der Waals surface area (Å²) in [5, 5.41) is 5.95. The van der Waals surface area contributed by atoms with Gasteiger partial charge in [-0.15, -0.1) is 23.1 Å². The minimum atomic E-state index is -4.63. The van der Waals surface area contributed by atoms with Gasteiger partial charge in [-0.05, 0) is 48.7 Å². The number of halogens is 3. The Balaban J connectivity index is 1.55. The molecular weight excluding hydrogens is 495 g/mol. The van der Waals surface area contributed by atoms with Gasteiger partial charge in [0, 0.05) is 42.2 Å². The number of aryl methyl sites for hydroxylation is 1. The van der Waals surface area contributed by atoms with E-state index in [4.69, 9.17) is 0 Å². The predicted octanol–water partition coefficient (Wildman–Crippen LogP) is 5.35. The van der Waals surface area contributed by atoms with Crippen LogP contribution in [-0.2, 0) is 25.6 Å². The molecule has 35 heavy (non-hydrogen) atoms. The number of rotatable bonds is 4. The molecule has 4 heterocycles. The van der Waals surface area contributed by atoms with Crippen molar-refractivity contribution in [1.29, 1.82) is 0 Å². The number of thioether (sulfide) groups is 1. The van der Waals surface area contributed by atoms with Gasteiger partial charge in [0.25, 0.3) is 5.91 Å². The summed E-state index contributed by atoms with van der Waals surface area (Å²) in [5.41, 5.74) is 3.21. The normalized spacial score (nSPS) is 16.3. The van der Waals surface area contributed by atoms with Crippen LogP contribution in [0.2, 0.25) is 0 Å². The lowest BCUT2D eigenvalue weighted by molar-refractivity contribution is -0.137. The fourth-order valence-electron chi connectivity index (χ4n) is 4.33. The molecule has 0 fully saturated rings. The van der Waals surface area contributed by atoms with Gasteiger partial charge in [0.2, 0.25) is 5.95 Å². The Morgan fingerprint density at radius 3 is 2.83 bits per heavy atom. The van der Waals surface area contributed by atoms with E-state index < -0.39 is 11.7 Å². The average molecular weight is 520 g/mol. The first-order chi connectivity index (χ1) is 16.7. The van der Waals surface area contributed by atoms with Crippen molar-refractivity contribution in [3.8, 4) is 10.6 Å². The standard InChI is InChI=1S/C24H24F3N5OS2/c1-3-13-8-15-12-32(2)6-4-14(15)9-17(13)30-23-29-11-16(24(25,26)27)20(31-23)18-10-19-21(35-18)22(33)28-5-7-34-19/h8-11H,3-7,12H2,1-2H3,(H,28,33)(H,29,30,31). The first kappa shape index (κ1) is 24.1. The van der Waals surface area contributed by atoms with E-state index >= 15 is 0 Å². The third-order valence-electron chi connectivity index (χ3n) is 6.13. The van der Waals surface area contributed by atoms with E-state index in [1.165, 1.54) is 22.9 Å². The number of fused-ring (bicyclic) bond motifs is 2. The van der Waals surface area contributed by atoms with E-state index in [0.717, 1.165) is 54.7 Å². The molecule has 0 atom stereocenters. The topological polar surface area (TPSA) is 70.1 Å². The minimum Gasteiger partial charge on any atom is -0.350 e. The SMILES string of the molecule is CCc1cc2c(cc1Nc1ncc(C(F)(F)F)c(-c3cc4c(s3)C(=O)NCCS4)n1)CCN(C)C2. The van der Waals surface area contributed by atoms with Gasteiger partial charge in [-0.25, -0.2) is 9.97 Å². The Hall–Kier alpha value is -2.63. The zero-order chi connectivity index (χ0) is 24.7. The quantitative estimate of drug-likeness (QED) is 0.484. The number of benzene rings is 1. The maximum atomic E-state index is 13.9. The summed E-state index contributed by atoms with van der Waals surface area (Å²) in [6.45, 7) is 4.39. The molecule has 0 aliphatic carbocycles. The molecule has 2 aromatic heterocycles. The largest absolute Gasteiger partial charge is 0.420 e. The molecule has 0 saturated heterocycles. The van der Waals surface area contributed by atoms with E-state index in [1.54, 1.807) is 6.07 Å². The molecular formula is C24H24F3N5OS2. The van der Waals surface area contributed by atoms with Gasteiger partial charge in [0.1, 0.15) is 10.4 Å². The predicted molar refractivity (Wildman–Crippen MR) is 133 cm³/mol. The van der Waals surface area contributed by atoms with Gasteiger partial charge < -0.3 is 15.5 Å². The number of hydrogen-bond donors (Lipinski definition) is 2. The number of carbonyl (C=O) groups excluding carboxylic acids is 1. The van der Waals surface area contributed by atoms with Crippen LogP contribution in [-0.4, -0.2) is 46.7 Å². The van der Waals surface area contributed by atoms with Crippen molar-refractivity contribution in [2.45, 2.75) is 37.4 Å². The maximum Gasteiger partial charge on any atom is 0.420 e. The van der Waals surface area contributed by atoms with Gasteiger partial charge in [0.05, 0.1) is 10.6 Å². The van der Waals surface area contributed by atoms with Crippen LogP contribution < -0.4 is 10.6 Å². The molecule has 2 aliphatic heterocycles. The van der Waals surface area contributed by atoms with Crippen LogP contribution in [0.25, 0.3) is 10.6 Å². The van der Waals surface area contributed by atoms with Crippen LogP contribution in [0.3, 0.4) is 0 Å². The van der Waals surface area contributed by atoms with Gasteiger partial charge in [0.15, 0.2) is 0 Å². The van der Waals surface area contributed by atoms with Crippen molar-refractivity contribution in [2.24, 2.45) is 0 Å². The highest BCUT2D eigenvalue weighted by Crippen LogP contribution is 2.42. The Morgan fingerprint density at radius 1 is 1.23 bits per heavy atom. The van der Waals surface area contributed by atoms with E-state index in [9.17, 15) is 18.0 Å². The van der Waals surface area contributed by atoms with Crippen molar-refractivity contribution < 1.29 is 18.0 Å². The fraction of sp³-hybridized carbons (Fsp3) is 0.375. The second kappa shape index (κ2) is 9.44. The van der Waals surface area contributed by atoms with Crippen molar-refractivity contribution in [2.75, 3.05) is 31.2 Å². The highest BCUT2D eigenvalue weighted by Gasteiger charge is 2.36. The second-order valence-electron chi connectivity index (χ2n) is 8.61. The lowest BCUT2D eigenvalue weighted by Gasteiger charge is -2.26. The lowest BCUT2D eigenvalue weighted by atomic mass is 9.95. The average Bonchev–Trinajstić information content (AvgIpc) is 3.17. The second-order valence-corrected chi connectivity index (χ2v) is 10.8. The summed E-state index contributed by atoms with van der Waals surface area (Å²) in [4.78, 5) is 24.3. The van der Waals surface area contributed by atoms with Crippen molar-refractivity contribution in [1.82, 2.24) is 20.2 Å². The van der Waals surface area contributed by atoms with Crippen LogP contribution >= 0.6 is 23.1 Å². The third-order valence-corrected chi connectivity index (χ3v) is 8.44. The van der Waals surface area contributed by atoms with E-state index in [1.807, 2.05) is 6.92 Å². The number of likely N-dealkylation sites (N-methyl/N-ethyl adjacent to an activating group) is 1. The van der Waals surface area contributed by atoms with Crippen molar-refractivity contribution >= 4 is 40.6 Å². The monoisotopic (exact) mass is 519 g/mol. The van der Waals surface area contributed by atoms with Crippen molar-refractivity contribution in [3.05, 3.63) is 51.5 Å². The molecule has 184 valence electrons. The molecule has 1 amide bonds. The molecule has 0 bridgehead atoms. The summed E-state index contributed by atoms with van der Waals surface area (Å²) < 4.78 is 41.6. The lowest BCUT2D eigenvalue weighted by Crippen LogP contribution is -2.26. The number of amides is 1. The molecule has 2 aliphatic rings. The Morgan fingerprint density at radius 2 is 2.06 bits per heavy atom. The van der Waals surface area contributed by atoms with Gasteiger partial charge in [-0.1, -0.05) is 13.0 Å². The van der Waals surface area contributed by atoms with E-state index in [2.05, 4.69) is 44.7 Å². The molecule has 1 aromatic carbocycles. The number of thiophene rings is 1. The van der Waals surface area contributed by atoms with Gasteiger partial charge >= 0.3 is 6.18 Å². The van der Waals surface area contributed by atoms with E-state index in [-0.39, 0.29) is 17.5 Å². The first-order valence-electron chi connectivity index (χ1n) is 11.3.